The molecule has 114 valence electrons. The Morgan fingerprint density at radius 1 is 0.583 bits per heavy atom. The van der Waals surface area contributed by atoms with Crippen LogP contribution in [0.3, 0.4) is 0 Å². The number of phenolic OH excluding ortho intramolecular Hbond substituents is 2. The van der Waals surface area contributed by atoms with E-state index in [0.29, 0.717) is 10.8 Å². The predicted molar refractivity (Wildman–Crippen MR) is 91.1 cm³/mol. The Balaban J connectivity index is 2.08. The van der Waals surface area contributed by atoms with Crippen molar-refractivity contribution in [3.63, 3.8) is 0 Å². The van der Waals surface area contributed by atoms with Crippen molar-refractivity contribution in [1.82, 2.24) is 0 Å². The largest absolute Gasteiger partial charge is 0.504 e. The van der Waals surface area contributed by atoms with Gasteiger partial charge in [-0.3, -0.25) is 0 Å². The van der Waals surface area contributed by atoms with Crippen LogP contribution >= 0.6 is 0 Å². The van der Waals surface area contributed by atoms with E-state index >= 15 is 0 Å². The fourth-order valence-corrected chi connectivity index (χ4v) is 3.36. The third-order valence-corrected chi connectivity index (χ3v) is 4.57. The van der Waals surface area contributed by atoms with Gasteiger partial charge in [0.1, 0.15) is 0 Å². The van der Waals surface area contributed by atoms with Crippen LogP contribution in [0, 0.1) is 0 Å². The van der Waals surface area contributed by atoms with Crippen molar-refractivity contribution in [2.45, 2.75) is 0 Å². The van der Waals surface area contributed by atoms with E-state index in [1.54, 1.807) is 0 Å². The summed E-state index contributed by atoms with van der Waals surface area (Å²) < 4.78 is 3.87. The maximum atomic E-state index is 10.5. The van der Waals surface area contributed by atoms with Crippen molar-refractivity contribution >= 4 is 32.6 Å². The van der Waals surface area contributed by atoms with E-state index in [-0.39, 0.29) is 11.5 Å². The molecular formula is C20H14N2O2+2. The third-order valence-electron chi connectivity index (χ3n) is 4.57. The summed E-state index contributed by atoms with van der Waals surface area (Å²) in [5.74, 6) is -0.182. The fraction of sp³-hybridized carbons (Fsp3) is 0. The second-order valence-electron chi connectivity index (χ2n) is 5.96. The van der Waals surface area contributed by atoms with E-state index in [0.717, 1.165) is 21.8 Å². The highest BCUT2D eigenvalue weighted by molar-refractivity contribution is 6.14. The van der Waals surface area contributed by atoms with Crippen molar-refractivity contribution in [3.05, 3.63) is 73.3 Å². The number of nitrogens with zero attached hydrogens (tertiary/aromatic N) is 2. The molecule has 0 spiro atoms. The number of aromatic nitrogens is 2. The first kappa shape index (κ1) is 13.1. The van der Waals surface area contributed by atoms with Crippen LogP contribution in [0.5, 0.6) is 11.5 Å². The number of rotatable bonds is 0. The average Bonchev–Trinajstić information content (AvgIpc) is 2.64. The standard InChI is InChI=1S/C20H12N2O2/c23-19-17-11-21-7-3-1-5-13(21)9-15(17)16-10-14-6-2-4-8-22(14)12-18(16)20(19)24/h1-12H/p+2. The molecule has 4 aromatic heterocycles. The van der Waals surface area contributed by atoms with E-state index < -0.39 is 0 Å². The molecule has 4 nitrogen and oxygen atoms in total. The third kappa shape index (κ3) is 1.68. The molecule has 0 aliphatic carbocycles. The Kier molecular flexibility index (Phi) is 2.48. The number of pyridine rings is 4. The summed E-state index contributed by atoms with van der Waals surface area (Å²) in [6, 6.07) is 15.9. The smallest absolute Gasteiger partial charge is 0.211 e. The summed E-state index contributed by atoms with van der Waals surface area (Å²) in [5.41, 5.74) is 2.05. The van der Waals surface area contributed by atoms with Crippen molar-refractivity contribution < 1.29 is 19.0 Å². The van der Waals surface area contributed by atoms with Gasteiger partial charge in [0.05, 0.1) is 10.8 Å². The van der Waals surface area contributed by atoms with Crippen molar-refractivity contribution in [3.8, 4) is 11.5 Å². The minimum atomic E-state index is -0.0911. The molecule has 0 aliphatic rings. The molecule has 24 heavy (non-hydrogen) atoms. The highest BCUT2D eigenvalue weighted by Gasteiger charge is 2.19. The van der Waals surface area contributed by atoms with Gasteiger partial charge in [0.15, 0.2) is 36.3 Å². The molecule has 0 bridgehead atoms. The molecule has 0 unspecified atom stereocenters. The minimum absolute atomic E-state index is 0.0911. The van der Waals surface area contributed by atoms with E-state index in [9.17, 15) is 10.2 Å². The number of phenols is 2. The van der Waals surface area contributed by atoms with Crippen LogP contribution in [0.4, 0.5) is 0 Å². The molecule has 0 radical (unpaired) electrons. The zero-order valence-electron chi connectivity index (χ0n) is 12.7. The SMILES string of the molecule is Oc1c(O)c2c[n+]3ccccc3cc2c2cc3cccc[n+]3cc12. The summed E-state index contributed by atoms with van der Waals surface area (Å²) in [5, 5.41) is 24.1. The molecule has 2 N–H and O–H groups in total. The predicted octanol–water partition coefficient (Wildman–Crippen LogP) is 2.88. The highest BCUT2D eigenvalue weighted by Crippen LogP contribution is 2.41. The Morgan fingerprint density at radius 2 is 1.04 bits per heavy atom. The summed E-state index contributed by atoms with van der Waals surface area (Å²) in [4.78, 5) is 0. The zero-order valence-corrected chi connectivity index (χ0v) is 12.7. The van der Waals surface area contributed by atoms with Gasteiger partial charge in [-0.1, -0.05) is 0 Å². The molecule has 0 aliphatic heterocycles. The van der Waals surface area contributed by atoms with E-state index in [2.05, 4.69) is 0 Å². The molecule has 5 rings (SSSR count). The monoisotopic (exact) mass is 314 g/mol. The molecule has 0 fully saturated rings. The molecule has 5 aromatic rings. The molecule has 4 heterocycles. The number of hydrogen-bond acceptors (Lipinski definition) is 2. The van der Waals surface area contributed by atoms with Crippen LogP contribution in [0.25, 0.3) is 32.6 Å². The normalized spacial score (nSPS) is 11.7. The zero-order chi connectivity index (χ0) is 16.3. The second-order valence-corrected chi connectivity index (χ2v) is 5.96. The molecule has 4 heteroatoms. The minimum Gasteiger partial charge on any atom is -0.504 e. The van der Waals surface area contributed by atoms with Crippen LogP contribution in [-0.4, -0.2) is 10.2 Å². The van der Waals surface area contributed by atoms with Gasteiger partial charge in [-0.15, -0.1) is 0 Å². The van der Waals surface area contributed by atoms with Gasteiger partial charge in [-0.25, -0.2) is 0 Å². The van der Waals surface area contributed by atoms with Crippen molar-refractivity contribution in [2.75, 3.05) is 0 Å². The van der Waals surface area contributed by atoms with Crippen LogP contribution in [0.15, 0.2) is 73.3 Å². The molecule has 1 aromatic carbocycles. The summed E-state index contributed by atoms with van der Waals surface area (Å²) >= 11 is 0. The fourth-order valence-electron chi connectivity index (χ4n) is 3.36. The van der Waals surface area contributed by atoms with Crippen LogP contribution in [0.1, 0.15) is 0 Å². The molecule has 0 amide bonds. The Hall–Kier alpha value is -3.40. The van der Waals surface area contributed by atoms with Gasteiger partial charge < -0.3 is 10.2 Å². The number of aromatic hydroxyl groups is 2. The molecule has 0 atom stereocenters. The Bertz CT molecular complexity index is 1180. The van der Waals surface area contributed by atoms with E-state index in [1.165, 1.54) is 0 Å². The van der Waals surface area contributed by atoms with E-state index in [1.807, 2.05) is 82.1 Å². The maximum Gasteiger partial charge on any atom is 0.211 e. The average molecular weight is 314 g/mol. The summed E-state index contributed by atoms with van der Waals surface area (Å²) in [6.45, 7) is 0. The van der Waals surface area contributed by atoms with Crippen LogP contribution < -0.4 is 8.80 Å². The van der Waals surface area contributed by atoms with Gasteiger partial charge in [0, 0.05) is 47.2 Å². The van der Waals surface area contributed by atoms with Gasteiger partial charge >= 0.3 is 0 Å². The summed E-state index contributed by atoms with van der Waals surface area (Å²) in [7, 11) is 0. The lowest BCUT2D eigenvalue weighted by atomic mass is 10.0. The first-order valence-electron chi connectivity index (χ1n) is 7.74. The molecule has 0 saturated heterocycles. The first-order valence-corrected chi connectivity index (χ1v) is 7.74. The van der Waals surface area contributed by atoms with Crippen molar-refractivity contribution in [1.29, 1.82) is 0 Å². The number of fused-ring (bicyclic) bond motifs is 5. The quantitative estimate of drug-likeness (QED) is 0.200. The van der Waals surface area contributed by atoms with E-state index in [4.69, 9.17) is 0 Å². The lowest BCUT2D eigenvalue weighted by Crippen LogP contribution is -2.21. The molecular weight excluding hydrogens is 300 g/mol. The van der Waals surface area contributed by atoms with Crippen molar-refractivity contribution in [2.24, 2.45) is 0 Å². The Morgan fingerprint density at radius 3 is 1.50 bits per heavy atom. The molecule has 0 saturated carbocycles. The number of hydrogen-bond donors (Lipinski definition) is 2. The van der Waals surface area contributed by atoms with Gasteiger partial charge in [0.2, 0.25) is 11.0 Å². The maximum absolute atomic E-state index is 10.5. The Labute approximate surface area is 137 Å². The van der Waals surface area contributed by atoms with Crippen LogP contribution in [-0.2, 0) is 0 Å². The highest BCUT2D eigenvalue weighted by atomic mass is 16.3. The lowest BCUT2D eigenvalue weighted by molar-refractivity contribution is -0.510. The van der Waals surface area contributed by atoms with Gasteiger partial charge in [-0.2, -0.15) is 8.80 Å². The first-order chi connectivity index (χ1) is 11.7. The lowest BCUT2D eigenvalue weighted by Gasteiger charge is -2.07. The van der Waals surface area contributed by atoms with Crippen LogP contribution in [0.2, 0.25) is 0 Å². The van der Waals surface area contributed by atoms with Gasteiger partial charge in [-0.05, 0) is 12.1 Å². The number of benzene rings is 1. The second kappa shape index (κ2) is 4.55. The summed E-state index contributed by atoms with van der Waals surface area (Å²) in [6.07, 6.45) is 7.54. The van der Waals surface area contributed by atoms with Gasteiger partial charge in [0.25, 0.3) is 0 Å². The topological polar surface area (TPSA) is 48.7 Å².